The average molecular weight is 566 g/mol. The van der Waals surface area contributed by atoms with E-state index in [4.69, 9.17) is 65.1 Å². The summed E-state index contributed by atoms with van der Waals surface area (Å²) >= 11 is 19.9. The SMILES string of the molecule is Nc1ccccc1ON1P(Cl)N=P(Cl)(Cl)N(Oc2ccccc2N)P1Oc1ccccc1N. The van der Waals surface area contributed by atoms with Gasteiger partial charge in [-0.2, -0.15) is 4.52 Å². The lowest BCUT2D eigenvalue weighted by molar-refractivity contribution is 0.0773. The summed E-state index contributed by atoms with van der Waals surface area (Å²) in [5.74, 6) is -2.33. The van der Waals surface area contributed by atoms with Gasteiger partial charge in [0.25, 0.3) is 5.91 Å². The quantitative estimate of drug-likeness (QED) is 0.207. The molecule has 0 fully saturated rings. The number of nitrogen functional groups attached to an aromatic ring is 3. The maximum absolute atomic E-state index is 6.64. The molecule has 9 nitrogen and oxygen atoms in total. The lowest BCUT2D eigenvalue weighted by atomic mass is 10.3. The second-order valence-electron chi connectivity index (χ2n) is 6.43. The van der Waals surface area contributed by atoms with Crippen molar-refractivity contribution in [1.82, 2.24) is 9.21 Å². The molecule has 0 radical (unpaired) electrons. The molecule has 0 amide bonds. The molecular formula is C18H18Cl3N6O3P3. The molecule has 0 aliphatic carbocycles. The number of benzene rings is 3. The number of hydrogen-bond acceptors (Lipinski definition) is 9. The monoisotopic (exact) mass is 564 g/mol. The predicted molar refractivity (Wildman–Crippen MR) is 139 cm³/mol. The molecule has 3 aromatic rings. The van der Waals surface area contributed by atoms with Gasteiger partial charge in [0.05, 0.1) is 17.1 Å². The first-order chi connectivity index (χ1) is 15.8. The Bertz CT molecular complexity index is 1200. The van der Waals surface area contributed by atoms with Crippen molar-refractivity contribution in [3.05, 3.63) is 72.8 Å². The van der Waals surface area contributed by atoms with Crippen LogP contribution in [0.2, 0.25) is 0 Å². The Morgan fingerprint density at radius 2 is 1.18 bits per heavy atom. The van der Waals surface area contributed by atoms with Gasteiger partial charge in [-0.25, -0.2) is 0 Å². The highest BCUT2D eigenvalue weighted by Gasteiger charge is 2.51. The third kappa shape index (κ3) is 5.54. The van der Waals surface area contributed by atoms with E-state index in [0.717, 1.165) is 0 Å². The molecule has 0 spiro atoms. The Labute approximate surface area is 207 Å². The van der Waals surface area contributed by atoms with E-state index in [0.29, 0.717) is 34.3 Å². The van der Waals surface area contributed by atoms with Gasteiger partial charge in [0.2, 0.25) is 7.58 Å². The van der Waals surface area contributed by atoms with E-state index in [9.17, 15) is 0 Å². The summed E-state index contributed by atoms with van der Waals surface area (Å²) in [5, 5.41) is 0. The Morgan fingerprint density at radius 3 is 1.70 bits per heavy atom. The Hall–Kier alpha value is -1.66. The number of hydrogen-bond donors (Lipinski definition) is 3. The molecule has 4 rings (SSSR count). The van der Waals surface area contributed by atoms with E-state index >= 15 is 0 Å². The van der Waals surface area contributed by atoms with Crippen LogP contribution in [0.5, 0.6) is 17.2 Å². The van der Waals surface area contributed by atoms with E-state index in [1.165, 1.54) is 9.21 Å². The number of para-hydroxylation sites is 6. The van der Waals surface area contributed by atoms with Crippen LogP contribution in [0.15, 0.2) is 77.3 Å². The molecule has 6 N–H and O–H groups in total. The van der Waals surface area contributed by atoms with Crippen LogP contribution < -0.4 is 31.4 Å². The van der Waals surface area contributed by atoms with Gasteiger partial charge >= 0.3 is 8.45 Å². The fraction of sp³-hybridized carbons (Fsp3) is 0. The first-order valence-electron chi connectivity index (χ1n) is 9.22. The molecule has 1 aliphatic heterocycles. The summed E-state index contributed by atoms with van der Waals surface area (Å²) in [5.41, 5.74) is 19.3. The molecule has 2 unspecified atom stereocenters. The van der Waals surface area contributed by atoms with Crippen LogP contribution in [0.1, 0.15) is 0 Å². The highest BCUT2D eigenvalue weighted by Crippen LogP contribution is 2.83. The summed E-state index contributed by atoms with van der Waals surface area (Å²) in [7, 11) is -3.96. The minimum absolute atomic E-state index is 0.301. The van der Waals surface area contributed by atoms with Crippen LogP contribution in [0, 0.1) is 0 Å². The largest absolute Gasteiger partial charge is 0.438 e. The van der Waals surface area contributed by atoms with Gasteiger partial charge in [0.1, 0.15) is 5.75 Å². The predicted octanol–water partition coefficient (Wildman–Crippen LogP) is 7.53. The molecule has 0 bridgehead atoms. The lowest BCUT2D eigenvalue weighted by Gasteiger charge is -2.41. The Morgan fingerprint density at radius 1 is 0.727 bits per heavy atom. The Kier molecular flexibility index (Phi) is 7.64. The molecule has 0 aromatic heterocycles. The maximum Gasteiger partial charge on any atom is 0.333 e. The van der Waals surface area contributed by atoms with Crippen molar-refractivity contribution in [1.29, 1.82) is 0 Å². The highest BCUT2D eigenvalue weighted by molar-refractivity contribution is 8.14. The number of rotatable bonds is 6. The standard InChI is InChI=1S/C18H18Cl3N6O3P3/c19-31-25-33(20,21)27(29-17-11-5-2-8-14(17)23)32(30-18-12-6-3-9-15(18)24)26(31)28-16-10-4-1-7-13(16)22/h1-12H,22-24H2. The Balaban J connectivity index is 1.78. The highest BCUT2D eigenvalue weighted by atomic mass is 35.9. The zero-order chi connectivity index (χ0) is 23.6. The van der Waals surface area contributed by atoms with Crippen molar-refractivity contribution in [2.75, 3.05) is 17.2 Å². The van der Waals surface area contributed by atoms with Crippen LogP contribution >= 0.6 is 55.7 Å². The molecule has 1 aliphatic rings. The van der Waals surface area contributed by atoms with Gasteiger partial charge < -0.3 is 31.4 Å². The van der Waals surface area contributed by atoms with Crippen LogP contribution in [0.25, 0.3) is 0 Å². The maximum atomic E-state index is 6.64. The fourth-order valence-electron chi connectivity index (χ4n) is 2.56. The lowest BCUT2D eigenvalue weighted by Crippen LogP contribution is -2.31. The van der Waals surface area contributed by atoms with Crippen LogP contribution in [-0.2, 0) is 0 Å². The molecule has 3 aromatic carbocycles. The molecule has 174 valence electrons. The molecular weight excluding hydrogens is 548 g/mol. The van der Waals surface area contributed by atoms with E-state index in [-0.39, 0.29) is 0 Å². The third-order valence-corrected chi connectivity index (χ3v) is 13.7. The molecule has 0 saturated carbocycles. The van der Waals surface area contributed by atoms with Gasteiger partial charge in [0, 0.05) is 0 Å². The van der Waals surface area contributed by atoms with E-state index in [1.807, 2.05) is 0 Å². The second-order valence-corrected chi connectivity index (χ2v) is 15.6. The zero-order valence-corrected chi connectivity index (χ0v) is 21.7. The number of halogens is 3. The molecule has 0 saturated heterocycles. The summed E-state index contributed by atoms with van der Waals surface area (Å²) in [4.78, 5) is 12.1. The van der Waals surface area contributed by atoms with Crippen molar-refractivity contribution < 1.29 is 14.2 Å². The minimum Gasteiger partial charge on any atom is -0.438 e. The van der Waals surface area contributed by atoms with E-state index < -0.39 is 21.9 Å². The van der Waals surface area contributed by atoms with Crippen LogP contribution in [-0.4, -0.2) is 9.21 Å². The summed E-state index contributed by atoms with van der Waals surface area (Å²) < 4.78 is 13.1. The van der Waals surface area contributed by atoms with Crippen molar-refractivity contribution in [3.8, 4) is 17.2 Å². The van der Waals surface area contributed by atoms with Gasteiger partial charge in [-0.05, 0) is 79.3 Å². The van der Waals surface area contributed by atoms with Gasteiger partial charge in [0.15, 0.2) is 11.5 Å². The van der Waals surface area contributed by atoms with Crippen molar-refractivity contribution in [2.24, 2.45) is 4.52 Å². The smallest absolute Gasteiger partial charge is 0.333 e. The van der Waals surface area contributed by atoms with Crippen molar-refractivity contribution >= 4 is 72.7 Å². The minimum atomic E-state index is -3.32. The second kappa shape index (κ2) is 10.3. The zero-order valence-electron chi connectivity index (χ0n) is 16.7. The number of anilines is 3. The first kappa shape index (κ1) is 24.5. The number of nitrogens with two attached hydrogens (primary N) is 3. The summed E-state index contributed by atoms with van der Waals surface area (Å²) in [6.07, 6.45) is 0. The van der Waals surface area contributed by atoms with E-state index in [2.05, 4.69) is 4.52 Å². The van der Waals surface area contributed by atoms with Crippen LogP contribution in [0.3, 0.4) is 0 Å². The average Bonchev–Trinajstić information content (AvgIpc) is 2.77. The topological polar surface area (TPSA) is 125 Å². The normalized spacial score (nSPS) is 20.6. The molecule has 1 heterocycles. The van der Waals surface area contributed by atoms with Gasteiger partial charge in [-0.3, -0.25) is 0 Å². The third-order valence-electron chi connectivity index (χ3n) is 4.12. The summed E-state index contributed by atoms with van der Waals surface area (Å²) in [6, 6.07) is 20.7. The molecule has 15 heteroatoms. The summed E-state index contributed by atoms with van der Waals surface area (Å²) in [6.45, 7) is 0. The number of nitrogens with zero attached hydrogens (tertiary/aromatic N) is 3. The van der Waals surface area contributed by atoms with Gasteiger partial charge in [-0.15, -0.1) is 0 Å². The van der Waals surface area contributed by atoms with Crippen LogP contribution in [0.4, 0.5) is 17.1 Å². The van der Waals surface area contributed by atoms with Crippen molar-refractivity contribution in [3.63, 3.8) is 0 Å². The van der Waals surface area contributed by atoms with Gasteiger partial charge in [-0.1, -0.05) is 36.4 Å². The van der Waals surface area contributed by atoms with Crippen molar-refractivity contribution in [2.45, 2.75) is 0 Å². The molecule has 33 heavy (non-hydrogen) atoms. The first-order valence-corrected chi connectivity index (χ1v) is 16.0. The fourth-order valence-corrected chi connectivity index (χ4v) is 12.3. The van der Waals surface area contributed by atoms with E-state index in [1.54, 1.807) is 72.8 Å². The molecule has 2 atom stereocenters.